The standard InChI is InChI=1S/C29H25N3O4/c1-29(15-24(29)28(35)36)19-9-7-17(8-10-19)18-4-2-5-21(14-18)32-16-23(27(34)31-20-11-12-20)25(33)22-6-3-13-30-26(22)32/h2-10,13-14,16,20,24H,11-12,15H2,1H3,(H,31,34)(H,35,36)/t24-,29-/m0/s1. The van der Waals surface area contributed by atoms with Crippen molar-refractivity contribution in [2.24, 2.45) is 5.92 Å². The average Bonchev–Trinajstić information content (AvgIpc) is 3.82. The first-order valence-electron chi connectivity index (χ1n) is 12.1. The first-order chi connectivity index (χ1) is 17.3. The molecule has 1 amide bonds. The number of benzene rings is 2. The maximum Gasteiger partial charge on any atom is 0.307 e. The second-order valence-electron chi connectivity index (χ2n) is 10.0. The van der Waals surface area contributed by atoms with Gasteiger partial charge in [0.25, 0.3) is 5.91 Å². The van der Waals surface area contributed by atoms with E-state index >= 15 is 0 Å². The minimum atomic E-state index is -0.749. The molecule has 180 valence electrons. The Labute approximate surface area is 207 Å². The Bertz CT molecular complexity index is 1590. The third kappa shape index (κ3) is 3.77. The maximum absolute atomic E-state index is 13.1. The fraction of sp³-hybridized carbons (Fsp3) is 0.241. The van der Waals surface area contributed by atoms with Crippen LogP contribution in [0.15, 0.2) is 77.9 Å². The van der Waals surface area contributed by atoms with Gasteiger partial charge < -0.3 is 15.0 Å². The fourth-order valence-electron chi connectivity index (χ4n) is 4.93. The summed E-state index contributed by atoms with van der Waals surface area (Å²) in [6.45, 7) is 1.99. The molecule has 7 nitrogen and oxygen atoms in total. The Kier molecular flexibility index (Phi) is 5.03. The van der Waals surface area contributed by atoms with Crippen molar-refractivity contribution in [3.63, 3.8) is 0 Å². The largest absolute Gasteiger partial charge is 0.481 e. The van der Waals surface area contributed by atoms with Crippen LogP contribution in [0.4, 0.5) is 0 Å². The highest BCUT2D eigenvalue weighted by Gasteiger charge is 2.55. The van der Waals surface area contributed by atoms with Crippen LogP contribution in [0.1, 0.15) is 42.1 Å². The third-order valence-corrected chi connectivity index (χ3v) is 7.46. The van der Waals surface area contributed by atoms with Crippen molar-refractivity contribution in [3.05, 3.63) is 94.4 Å². The Morgan fingerprint density at radius 3 is 2.53 bits per heavy atom. The monoisotopic (exact) mass is 479 g/mol. The van der Waals surface area contributed by atoms with Gasteiger partial charge in [0.2, 0.25) is 5.43 Å². The highest BCUT2D eigenvalue weighted by Crippen LogP contribution is 2.54. The molecule has 6 rings (SSSR count). The van der Waals surface area contributed by atoms with Gasteiger partial charge in [-0.3, -0.25) is 14.4 Å². The van der Waals surface area contributed by atoms with Crippen LogP contribution in [-0.4, -0.2) is 32.6 Å². The normalized spacial score (nSPS) is 20.8. The van der Waals surface area contributed by atoms with Crippen LogP contribution in [-0.2, 0) is 10.2 Å². The summed E-state index contributed by atoms with van der Waals surface area (Å²) in [5, 5.41) is 12.7. The lowest BCUT2D eigenvalue weighted by Crippen LogP contribution is -2.31. The molecule has 0 radical (unpaired) electrons. The summed E-state index contributed by atoms with van der Waals surface area (Å²) in [7, 11) is 0. The van der Waals surface area contributed by atoms with Gasteiger partial charge in [0.1, 0.15) is 11.2 Å². The minimum Gasteiger partial charge on any atom is -0.481 e. The number of carbonyl (C=O) groups is 2. The number of pyridine rings is 2. The van der Waals surface area contributed by atoms with Crippen LogP contribution in [0.25, 0.3) is 27.8 Å². The van der Waals surface area contributed by atoms with E-state index in [1.54, 1.807) is 29.1 Å². The zero-order valence-electron chi connectivity index (χ0n) is 19.8. The molecule has 2 aromatic carbocycles. The lowest BCUT2D eigenvalue weighted by Gasteiger charge is -2.15. The second kappa shape index (κ2) is 8.16. The summed E-state index contributed by atoms with van der Waals surface area (Å²) in [4.78, 5) is 41.7. The predicted octanol–water partition coefficient (Wildman–Crippen LogP) is 4.31. The number of hydrogen-bond acceptors (Lipinski definition) is 4. The van der Waals surface area contributed by atoms with Crippen molar-refractivity contribution in [1.82, 2.24) is 14.9 Å². The number of aromatic nitrogens is 2. The van der Waals surface area contributed by atoms with E-state index in [0.29, 0.717) is 17.5 Å². The van der Waals surface area contributed by atoms with Gasteiger partial charge in [0, 0.05) is 29.5 Å². The molecular formula is C29H25N3O4. The van der Waals surface area contributed by atoms with Gasteiger partial charge in [-0.25, -0.2) is 4.98 Å². The van der Waals surface area contributed by atoms with E-state index in [0.717, 1.165) is 35.2 Å². The third-order valence-electron chi connectivity index (χ3n) is 7.46. The molecule has 2 atom stereocenters. The van der Waals surface area contributed by atoms with Crippen LogP contribution >= 0.6 is 0 Å². The quantitative estimate of drug-likeness (QED) is 0.429. The van der Waals surface area contributed by atoms with Gasteiger partial charge in [-0.15, -0.1) is 0 Å². The number of nitrogens with zero attached hydrogens (tertiary/aromatic N) is 2. The molecule has 2 aromatic heterocycles. The smallest absolute Gasteiger partial charge is 0.307 e. The summed E-state index contributed by atoms with van der Waals surface area (Å²) in [5.74, 6) is -1.44. The Morgan fingerprint density at radius 2 is 1.83 bits per heavy atom. The Hall–Kier alpha value is -4.26. The van der Waals surface area contributed by atoms with Crippen LogP contribution in [0.5, 0.6) is 0 Å². The van der Waals surface area contributed by atoms with Crippen molar-refractivity contribution in [2.45, 2.75) is 37.6 Å². The fourth-order valence-corrected chi connectivity index (χ4v) is 4.93. The molecule has 0 spiro atoms. The number of fused-ring (bicyclic) bond motifs is 1. The van der Waals surface area contributed by atoms with Crippen molar-refractivity contribution < 1.29 is 14.7 Å². The first kappa shape index (κ1) is 22.2. The molecule has 0 unspecified atom stereocenters. The SMILES string of the molecule is C[C@@]1(c2ccc(-c3cccc(-n4cc(C(=O)NC5CC5)c(=O)c5cccnc54)c3)cc2)C[C@H]1C(=O)O. The Balaban J connectivity index is 1.39. The van der Waals surface area contributed by atoms with Gasteiger partial charge in [0.05, 0.1) is 11.3 Å². The van der Waals surface area contributed by atoms with Crippen LogP contribution in [0.2, 0.25) is 0 Å². The van der Waals surface area contributed by atoms with Gasteiger partial charge >= 0.3 is 5.97 Å². The molecule has 0 saturated heterocycles. The zero-order valence-corrected chi connectivity index (χ0v) is 19.8. The number of amides is 1. The van der Waals surface area contributed by atoms with Crippen molar-refractivity contribution in [3.8, 4) is 16.8 Å². The number of carbonyl (C=O) groups excluding carboxylic acids is 1. The van der Waals surface area contributed by atoms with E-state index < -0.39 is 5.97 Å². The lowest BCUT2D eigenvalue weighted by atomic mass is 9.93. The number of nitrogens with one attached hydrogen (secondary N) is 1. The van der Waals surface area contributed by atoms with E-state index in [1.165, 1.54) is 0 Å². The van der Waals surface area contributed by atoms with Crippen molar-refractivity contribution in [1.29, 1.82) is 0 Å². The number of carboxylic acid groups (broad SMARTS) is 1. The predicted molar refractivity (Wildman–Crippen MR) is 136 cm³/mol. The molecule has 0 aliphatic heterocycles. The number of rotatable bonds is 6. The molecule has 0 bridgehead atoms. The van der Waals surface area contributed by atoms with Gasteiger partial charge in [-0.1, -0.05) is 43.3 Å². The zero-order chi connectivity index (χ0) is 25.0. The molecule has 2 fully saturated rings. The van der Waals surface area contributed by atoms with E-state index in [-0.39, 0.29) is 34.3 Å². The van der Waals surface area contributed by atoms with E-state index in [9.17, 15) is 19.5 Å². The van der Waals surface area contributed by atoms with Gasteiger partial charge in [0.15, 0.2) is 0 Å². The number of hydrogen-bond donors (Lipinski definition) is 2. The van der Waals surface area contributed by atoms with E-state index in [1.807, 2.05) is 55.5 Å². The summed E-state index contributed by atoms with van der Waals surface area (Å²) >= 11 is 0. The molecule has 7 heteroatoms. The topological polar surface area (TPSA) is 101 Å². The molecule has 2 aliphatic rings. The highest BCUT2D eigenvalue weighted by molar-refractivity contribution is 5.97. The van der Waals surface area contributed by atoms with Gasteiger partial charge in [-0.05, 0) is 60.2 Å². The molecule has 2 heterocycles. The Morgan fingerprint density at radius 1 is 1.06 bits per heavy atom. The minimum absolute atomic E-state index is 0.0998. The van der Waals surface area contributed by atoms with E-state index in [2.05, 4.69) is 10.3 Å². The van der Waals surface area contributed by atoms with Crippen molar-refractivity contribution >= 4 is 22.9 Å². The number of carboxylic acids is 1. The molecule has 36 heavy (non-hydrogen) atoms. The van der Waals surface area contributed by atoms with Crippen LogP contribution in [0.3, 0.4) is 0 Å². The van der Waals surface area contributed by atoms with Crippen LogP contribution in [0, 0.1) is 5.92 Å². The summed E-state index contributed by atoms with van der Waals surface area (Å²) in [6, 6.07) is 19.4. The number of aliphatic carboxylic acids is 1. The summed E-state index contributed by atoms with van der Waals surface area (Å²) in [6.07, 6.45) is 5.74. The molecule has 2 N–H and O–H groups in total. The summed E-state index contributed by atoms with van der Waals surface area (Å²) < 4.78 is 1.79. The highest BCUT2D eigenvalue weighted by atomic mass is 16.4. The van der Waals surface area contributed by atoms with Crippen LogP contribution < -0.4 is 10.7 Å². The molecule has 4 aromatic rings. The van der Waals surface area contributed by atoms with Crippen molar-refractivity contribution in [2.75, 3.05) is 0 Å². The maximum atomic E-state index is 13.1. The molecule has 2 aliphatic carbocycles. The molecular weight excluding hydrogens is 454 g/mol. The molecule has 2 saturated carbocycles. The summed E-state index contributed by atoms with van der Waals surface area (Å²) in [5.41, 5.74) is 3.69. The van der Waals surface area contributed by atoms with Gasteiger partial charge in [-0.2, -0.15) is 0 Å². The van der Waals surface area contributed by atoms with E-state index in [4.69, 9.17) is 0 Å². The first-order valence-corrected chi connectivity index (χ1v) is 12.1. The second-order valence-corrected chi connectivity index (χ2v) is 10.0. The lowest BCUT2D eigenvalue weighted by molar-refractivity contribution is -0.138. The average molecular weight is 480 g/mol.